The number of allylic oxidation sites excluding steroid dienone is 6. The maximum Gasteiger partial charge on any atom is 0.110 e. The Labute approximate surface area is 83.0 Å². The van der Waals surface area contributed by atoms with Crippen LogP contribution in [0.4, 0.5) is 0 Å². The highest BCUT2D eigenvalue weighted by molar-refractivity contribution is 5.69. The summed E-state index contributed by atoms with van der Waals surface area (Å²) in [6.07, 6.45) is 14.4. The summed E-state index contributed by atoms with van der Waals surface area (Å²) in [5, 5.41) is 0. The normalized spacial score (nSPS) is 32.6. The minimum atomic E-state index is 0.310. The second-order valence-corrected chi connectivity index (χ2v) is 3.65. The quantitative estimate of drug-likeness (QED) is 0.567. The summed E-state index contributed by atoms with van der Waals surface area (Å²) in [4.78, 5) is 4.29. The number of aliphatic imine (C=N–C) groups is 1. The Morgan fingerprint density at radius 2 is 2.29 bits per heavy atom. The fourth-order valence-electron chi connectivity index (χ4n) is 2.08. The zero-order valence-corrected chi connectivity index (χ0v) is 7.76. The molecule has 1 aliphatic carbocycles. The first-order chi connectivity index (χ1) is 6.95. The molecule has 2 unspecified atom stereocenters. The average molecular weight is 185 g/mol. The Morgan fingerprint density at radius 1 is 1.29 bits per heavy atom. The summed E-state index contributed by atoms with van der Waals surface area (Å²) in [7, 11) is 0. The van der Waals surface area contributed by atoms with Crippen molar-refractivity contribution in [3.05, 3.63) is 48.0 Å². The standard InChI is InChI=1S/C12H11NO/c1-2-4-10-9(3-1)8-14-12-5-6-13-7-11(10)12/h1-5,7-8,10-11H,6H2. The van der Waals surface area contributed by atoms with Crippen LogP contribution in [-0.4, -0.2) is 12.8 Å². The summed E-state index contributed by atoms with van der Waals surface area (Å²) < 4.78 is 5.57. The molecule has 0 saturated heterocycles. The van der Waals surface area contributed by atoms with E-state index in [1.807, 2.05) is 18.6 Å². The molecule has 2 atom stereocenters. The maximum absolute atomic E-state index is 5.57. The molecule has 70 valence electrons. The second-order valence-electron chi connectivity index (χ2n) is 3.65. The van der Waals surface area contributed by atoms with E-state index < -0.39 is 0 Å². The molecule has 3 rings (SSSR count). The third kappa shape index (κ3) is 1.07. The Bertz CT molecular complexity index is 399. The van der Waals surface area contributed by atoms with Crippen molar-refractivity contribution < 1.29 is 4.74 Å². The van der Waals surface area contributed by atoms with Crippen LogP contribution >= 0.6 is 0 Å². The van der Waals surface area contributed by atoms with Crippen molar-refractivity contribution >= 4 is 6.21 Å². The van der Waals surface area contributed by atoms with Gasteiger partial charge in [-0.2, -0.15) is 0 Å². The molecule has 3 aliphatic rings. The molecule has 2 aliphatic heterocycles. The third-order valence-electron chi connectivity index (χ3n) is 2.81. The fourth-order valence-corrected chi connectivity index (χ4v) is 2.08. The predicted molar refractivity (Wildman–Crippen MR) is 55.9 cm³/mol. The molecule has 0 saturated carbocycles. The van der Waals surface area contributed by atoms with E-state index in [0.29, 0.717) is 11.8 Å². The van der Waals surface area contributed by atoms with Gasteiger partial charge in [0.15, 0.2) is 0 Å². The van der Waals surface area contributed by atoms with Crippen LogP contribution in [0.3, 0.4) is 0 Å². The third-order valence-corrected chi connectivity index (χ3v) is 2.81. The van der Waals surface area contributed by atoms with Gasteiger partial charge in [0.1, 0.15) is 5.76 Å². The molecule has 2 nitrogen and oxygen atoms in total. The van der Waals surface area contributed by atoms with Gasteiger partial charge < -0.3 is 4.74 Å². The number of nitrogens with zero attached hydrogens (tertiary/aromatic N) is 1. The molecule has 0 aromatic carbocycles. The first-order valence-corrected chi connectivity index (χ1v) is 4.87. The van der Waals surface area contributed by atoms with Gasteiger partial charge in [-0.3, -0.25) is 4.99 Å². The highest BCUT2D eigenvalue weighted by atomic mass is 16.5. The van der Waals surface area contributed by atoms with Crippen molar-refractivity contribution in [2.45, 2.75) is 0 Å². The Kier molecular flexibility index (Phi) is 1.66. The number of ether oxygens (including phenoxy) is 1. The summed E-state index contributed by atoms with van der Waals surface area (Å²) in [5.41, 5.74) is 1.24. The van der Waals surface area contributed by atoms with E-state index in [1.165, 1.54) is 5.57 Å². The largest absolute Gasteiger partial charge is 0.469 e. The molecule has 0 radical (unpaired) electrons. The lowest BCUT2D eigenvalue weighted by Crippen LogP contribution is -2.26. The second kappa shape index (κ2) is 2.98. The summed E-state index contributed by atoms with van der Waals surface area (Å²) in [6, 6.07) is 0. The minimum absolute atomic E-state index is 0.310. The fraction of sp³-hybridized carbons (Fsp3) is 0.250. The molecule has 0 bridgehead atoms. The molecule has 2 heterocycles. The van der Waals surface area contributed by atoms with Crippen molar-refractivity contribution in [1.29, 1.82) is 0 Å². The Hall–Kier alpha value is -1.57. The van der Waals surface area contributed by atoms with Gasteiger partial charge in [-0.25, -0.2) is 0 Å². The minimum Gasteiger partial charge on any atom is -0.469 e. The zero-order chi connectivity index (χ0) is 9.38. The first-order valence-electron chi connectivity index (χ1n) is 4.87. The van der Waals surface area contributed by atoms with E-state index in [0.717, 1.165) is 12.3 Å². The lowest BCUT2D eigenvalue weighted by molar-refractivity contribution is 0.270. The molecule has 14 heavy (non-hydrogen) atoms. The van der Waals surface area contributed by atoms with E-state index in [1.54, 1.807) is 0 Å². The number of rotatable bonds is 0. The Morgan fingerprint density at radius 3 is 3.29 bits per heavy atom. The molecule has 2 heteroatoms. The monoisotopic (exact) mass is 185 g/mol. The van der Waals surface area contributed by atoms with Crippen LogP contribution < -0.4 is 0 Å². The van der Waals surface area contributed by atoms with Gasteiger partial charge >= 0.3 is 0 Å². The van der Waals surface area contributed by atoms with Gasteiger partial charge in [0.25, 0.3) is 0 Å². The van der Waals surface area contributed by atoms with Gasteiger partial charge in [0.05, 0.1) is 18.7 Å². The topological polar surface area (TPSA) is 21.6 Å². The summed E-state index contributed by atoms with van der Waals surface area (Å²) in [6.45, 7) is 0.751. The van der Waals surface area contributed by atoms with E-state index in [9.17, 15) is 0 Å². The highest BCUT2D eigenvalue weighted by Gasteiger charge is 2.30. The number of hydrogen-bond acceptors (Lipinski definition) is 2. The number of hydrogen-bond donors (Lipinski definition) is 0. The lowest BCUT2D eigenvalue weighted by Gasteiger charge is -2.31. The van der Waals surface area contributed by atoms with E-state index in [4.69, 9.17) is 4.74 Å². The van der Waals surface area contributed by atoms with Gasteiger partial charge in [0.2, 0.25) is 0 Å². The molecule has 0 aromatic heterocycles. The smallest absolute Gasteiger partial charge is 0.110 e. The number of fused-ring (bicyclic) bond motifs is 3. The molecule has 0 N–H and O–H groups in total. The van der Waals surface area contributed by atoms with Crippen molar-refractivity contribution in [1.82, 2.24) is 0 Å². The van der Waals surface area contributed by atoms with E-state index in [-0.39, 0.29) is 0 Å². The molecule has 0 spiro atoms. The molecular weight excluding hydrogens is 174 g/mol. The van der Waals surface area contributed by atoms with Crippen LogP contribution in [0.15, 0.2) is 53.0 Å². The van der Waals surface area contributed by atoms with Crippen LogP contribution in [-0.2, 0) is 4.74 Å². The van der Waals surface area contributed by atoms with E-state index >= 15 is 0 Å². The highest BCUT2D eigenvalue weighted by Crippen LogP contribution is 2.36. The molecule has 0 fully saturated rings. The van der Waals surface area contributed by atoms with Gasteiger partial charge in [-0.1, -0.05) is 24.3 Å². The van der Waals surface area contributed by atoms with Crippen LogP contribution in [0, 0.1) is 11.8 Å². The van der Waals surface area contributed by atoms with Gasteiger partial charge in [0, 0.05) is 12.1 Å². The van der Waals surface area contributed by atoms with Crippen LogP contribution in [0.1, 0.15) is 0 Å². The van der Waals surface area contributed by atoms with Crippen molar-refractivity contribution in [2.24, 2.45) is 16.8 Å². The summed E-state index contributed by atoms with van der Waals surface area (Å²) in [5.74, 6) is 1.78. The van der Waals surface area contributed by atoms with Gasteiger partial charge in [-0.05, 0) is 11.6 Å². The van der Waals surface area contributed by atoms with Crippen LogP contribution in [0.2, 0.25) is 0 Å². The van der Waals surface area contributed by atoms with Crippen molar-refractivity contribution in [3.8, 4) is 0 Å². The predicted octanol–water partition coefficient (Wildman–Crippen LogP) is 2.23. The van der Waals surface area contributed by atoms with Crippen molar-refractivity contribution in [2.75, 3.05) is 6.54 Å². The Balaban J connectivity index is 2.03. The van der Waals surface area contributed by atoms with Crippen LogP contribution in [0.5, 0.6) is 0 Å². The van der Waals surface area contributed by atoms with E-state index in [2.05, 4.69) is 29.3 Å². The van der Waals surface area contributed by atoms with Gasteiger partial charge in [-0.15, -0.1) is 0 Å². The zero-order valence-electron chi connectivity index (χ0n) is 7.76. The first kappa shape index (κ1) is 7.80. The number of dihydropyridines is 1. The molecular formula is C12H11NO. The summed E-state index contributed by atoms with van der Waals surface area (Å²) >= 11 is 0. The average Bonchev–Trinajstić information content (AvgIpc) is 2.29. The molecule has 0 aromatic rings. The maximum atomic E-state index is 5.57. The SMILES string of the molecule is C1=CC2=COC3=CCN=CC3C2C=C1. The van der Waals surface area contributed by atoms with Crippen LogP contribution in [0.25, 0.3) is 0 Å². The lowest BCUT2D eigenvalue weighted by atomic mass is 9.81. The van der Waals surface area contributed by atoms with Crippen molar-refractivity contribution in [3.63, 3.8) is 0 Å². The molecule has 0 amide bonds.